The minimum Gasteiger partial charge on any atom is -0.495 e. The van der Waals surface area contributed by atoms with Crippen LogP contribution in [0.25, 0.3) is 11.1 Å². The van der Waals surface area contributed by atoms with E-state index in [4.69, 9.17) is 16.3 Å². The Morgan fingerprint density at radius 3 is 2.72 bits per heavy atom. The molecular weight excluding hydrogens is 391 g/mol. The van der Waals surface area contributed by atoms with Crippen LogP contribution in [0.2, 0.25) is 5.02 Å². The van der Waals surface area contributed by atoms with Gasteiger partial charge in [-0.05, 0) is 29.8 Å². The maximum absolute atomic E-state index is 14.0. The smallest absolute Gasteiger partial charge is 0.143 e. The van der Waals surface area contributed by atoms with Crippen molar-refractivity contribution in [3.63, 3.8) is 0 Å². The Balaban J connectivity index is 1.90. The van der Waals surface area contributed by atoms with Gasteiger partial charge in [-0.15, -0.1) is 0 Å². The summed E-state index contributed by atoms with van der Waals surface area (Å²) in [6, 6.07) is 12.5. The molecule has 1 aliphatic heterocycles. The van der Waals surface area contributed by atoms with E-state index in [1.165, 1.54) is 6.07 Å². The zero-order valence-electron chi connectivity index (χ0n) is 16.3. The van der Waals surface area contributed by atoms with E-state index in [2.05, 4.69) is 20.2 Å². The van der Waals surface area contributed by atoms with Crippen molar-refractivity contribution in [2.24, 2.45) is 4.99 Å². The largest absolute Gasteiger partial charge is 0.495 e. The summed E-state index contributed by atoms with van der Waals surface area (Å²) in [6.45, 7) is 0. The lowest BCUT2D eigenvalue weighted by molar-refractivity contribution is 0.412. The molecular formula is C22H20ClFN4O. The number of methoxy groups -OCH3 is 1. The molecule has 0 saturated heterocycles. The van der Waals surface area contributed by atoms with E-state index >= 15 is 0 Å². The second-order valence-electron chi connectivity index (χ2n) is 6.69. The number of rotatable bonds is 3. The van der Waals surface area contributed by atoms with E-state index in [9.17, 15) is 4.39 Å². The van der Waals surface area contributed by atoms with Gasteiger partial charge in [-0.3, -0.25) is 9.98 Å². The van der Waals surface area contributed by atoms with Gasteiger partial charge >= 0.3 is 0 Å². The van der Waals surface area contributed by atoms with E-state index in [1.54, 1.807) is 32.5 Å². The Morgan fingerprint density at radius 2 is 2.03 bits per heavy atom. The number of benzene rings is 2. The highest BCUT2D eigenvalue weighted by Gasteiger charge is 2.31. The van der Waals surface area contributed by atoms with Gasteiger partial charge in [0.15, 0.2) is 0 Å². The van der Waals surface area contributed by atoms with E-state index in [0.717, 1.165) is 22.4 Å². The quantitative estimate of drug-likeness (QED) is 0.682. The third kappa shape index (κ3) is 3.29. The normalized spacial score (nSPS) is 17.1. The molecule has 1 aliphatic rings. The zero-order valence-corrected chi connectivity index (χ0v) is 17.0. The van der Waals surface area contributed by atoms with Crippen LogP contribution < -0.4 is 15.0 Å². The van der Waals surface area contributed by atoms with E-state index < -0.39 is 5.82 Å². The van der Waals surface area contributed by atoms with Gasteiger partial charge in [0.1, 0.15) is 23.6 Å². The minimum absolute atomic E-state index is 0.0786. The van der Waals surface area contributed by atoms with E-state index in [-0.39, 0.29) is 11.2 Å². The number of amidine groups is 1. The van der Waals surface area contributed by atoms with Crippen molar-refractivity contribution in [3.8, 4) is 16.9 Å². The summed E-state index contributed by atoms with van der Waals surface area (Å²) in [5.41, 5.74) is 4.09. The standard InChI is InChI=1S/C22H20ClFN4O/c1-25-21-16-10-14(15-7-4-8-17(24)19(15)23)11-18(29-3)20(16)28(2)22(27-21)13-6-5-9-26-12-13/h4-12,22H,1-3H3,(H,25,27). The molecule has 1 aromatic heterocycles. The molecule has 0 amide bonds. The number of nitrogens with zero attached hydrogens (tertiary/aromatic N) is 3. The summed E-state index contributed by atoms with van der Waals surface area (Å²) < 4.78 is 19.7. The summed E-state index contributed by atoms with van der Waals surface area (Å²) in [4.78, 5) is 10.8. The van der Waals surface area contributed by atoms with Crippen molar-refractivity contribution in [1.82, 2.24) is 10.3 Å². The van der Waals surface area contributed by atoms with Crippen molar-refractivity contribution in [1.29, 1.82) is 0 Å². The lowest BCUT2D eigenvalue weighted by Gasteiger charge is -2.39. The maximum Gasteiger partial charge on any atom is 0.143 e. The molecule has 0 bridgehead atoms. The van der Waals surface area contributed by atoms with Crippen LogP contribution in [0.5, 0.6) is 5.75 Å². The van der Waals surface area contributed by atoms with Crippen LogP contribution in [-0.2, 0) is 0 Å². The van der Waals surface area contributed by atoms with Crippen LogP contribution in [0.3, 0.4) is 0 Å². The summed E-state index contributed by atoms with van der Waals surface area (Å²) in [6.07, 6.45) is 3.40. The third-order valence-corrected chi connectivity index (χ3v) is 5.43. The molecule has 2 aromatic carbocycles. The predicted molar refractivity (Wildman–Crippen MR) is 114 cm³/mol. The molecule has 2 heterocycles. The van der Waals surface area contributed by atoms with Gasteiger partial charge in [0.25, 0.3) is 0 Å². The molecule has 3 aromatic rings. The number of hydrogen-bond donors (Lipinski definition) is 1. The van der Waals surface area contributed by atoms with Gasteiger partial charge < -0.3 is 15.0 Å². The highest BCUT2D eigenvalue weighted by Crippen LogP contribution is 2.43. The van der Waals surface area contributed by atoms with Gasteiger partial charge in [0.05, 0.1) is 17.8 Å². The minimum atomic E-state index is -0.461. The monoisotopic (exact) mass is 410 g/mol. The first kappa shape index (κ1) is 19.2. The molecule has 0 aliphatic carbocycles. The Labute approximate surface area is 173 Å². The van der Waals surface area contributed by atoms with Crippen molar-refractivity contribution in [2.75, 3.05) is 26.1 Å². The summed E-state index contributed by atoms with van der Waals surface area (Å²) in [5.74, 6) is 0.897. The highest BCUT2D eigenvalue weighted by molar-refractivity contribution is 6.33. The molecule has 1 N–H and O–H groups in total. The van der Waals surface area contributed by atoms with Gasteiger partial charge in [0.2, 0.25) is 0 Å². The molecule has 7 heteroatoms. The predicted octanol–water partition coefficient (Wildman–Crippen LogP) is 4.66. The number of halogens is 2. The maximum atomic E-state index is 14.0. The Kier molecular flexibility index (Phi) is 5.11. The van der Waals surface area contributed by atoms with Crippen molar-refractivity contribution >= 4 is 23.1 Å². The Morgan fingerprint density at radius 1 is 1.21 bits per heavy atom. The summed E-state index contributed by atoms with van der Waals surface area (Å²) in [5, 5.41) is 3.53. The van der Waals surface area contributed by atoms with Crippen LogP contribution in [0, 0.1) is 5.82 Å². The van der Waals surface area contributed by atoms with Gasteiger partial charge in [-0.2, -0.15) is 0 Å². The molecule has 5 nitrogen and oxygen atoms in total. The summed E-state index contributed by atoms with van der Waals surface area (Å²) in [7, 11) is 5.32. The molecule has 0 spiro atoms. The van der Waals surface area contributed by atoms with Crippen molar-refractivity contribution < 1.29 is 9.13 Å². The number of nitrogens with one attached hydrogen (secondary N) is 1. The van der Waals surface area contributed by atoms with Crippen LogP contribution in [-0.4, -0.2) is 32.0 Å². The summed E-state index contributed by atoms with van der Waals surface area (Å²) >= 11 is 6.23. The van der Waals surface area contributed by atoms with Gasteiger partial charge in [0, 0.05) is 43.2 Å². The molecule has 148 valence electrons. The lowest BCUT2D eigenvalue weighted by atomic mass is 9.97. The molecule has 1 atom stereocenters. The lowest BCUT2D eigenvalue weighted by Crippen LogP contribution is -2.45. The second kappa shape index (κ2) is 7.72. The number of hydrogen-bond acceptors (Lipinski definition) is 4. The number of aliphatic imine (C=N–C) groups is 1. The molecule has 29 heavy (non-hydrogen) atoms. The third-order valence-electron chi connectivity index (χ3n) is 5.05. The average molecular weight is 411 g/mol. The average Bonchev–Trinajstić information content (AvgIpc) is 2.75. The number of pyridine rings is 1. The van der Waals surface area contributed by atoms with Crippen molar-refractivity contribution in [3.05, 3.63) is 76.8 Å². The molecule has 0 fully saturated rings. The first-order valence-corrected chi connectivity index (χ1v) is 9.45. The Hall–Kier alpha value is -3.12. The van der Waals surface area contributed by atoms with E-state index in [0.29, 0.717) is 17.1 Å². The second-order valence-corrected chi connectivity index (χ2v) is 7.07. The van der Waals surface area contributed by atoms with Crippen molar-refractivity contribution in [2.45, 2.75) is 6.17 Å². The van der Waals surface area contributed by atoms with Crippen LogP contribution in [0.15, 0.2) is 59.9 Å². The zero-order chi connectivity index (χ0) is 20.5. The first-order valence-electron chi connectivity index (χ1n) is 9.08. The fraction of sp³-hybridized carbons (Fsp3) is 0.182. The fourth-order valence-corrected chi connectivity index (χ4v) is 3.89. The first-order chi connectivity index (χ1) is 14.0. The molecule has 0 saturated carbocycles. The fourth-order valence-electron chi connectivity index (χ4n) is 3.65. The number of fused-ring (bicyclic) bond motifs is 1. The molecule has 4 rings (SSSR count). The Bertz CT molecular complexity index is 1090. The van der Waals surface area contributed by atoms with Crippen LogP contribution in [0.1, 0.15) is 17.3 Å². The number of ether oxygens (including phenoxy) is 1. The van der Waals surface area contributed by atoms with Gasteiger partial charge in [-0.25, -0.2) is 4.39 Å². The van der Waals surface area contributed by atoms with Crippen LogP contribution in [0.4, 0.5) is 10.1 Å². The molecule has 0 radical (unpaired) electrons. The highest BCUT2D eigenvalue weighted by atomic mass is 35.5. The topological polar surface area (TPSA) is 49.8 Å². The number of anilines is 1. The van der Waals surface area contributed by atoms with E-state index in [1.807, 2.05) is 37.5 Å². The number of aromatic nitrogens is 1. The SMILES string of the molecule is CN=C1NC(c2cccnc2)N(C)c2c(OC)cc(-c3cccc(F)c3Cl)cc21. The van der Waals surface area contributed by atoms with Gasteiger partial charge in [-0.1, -0.05) is 29.8 Å². The van der Waals surface area contributed by atoms with Crippen LogP contribution >= 0.6 is 11.6 Å². The molecule has 1 unspecified atom stereocenters.